The number of carboxylic acid groups (broad SMARTS) is 1. The molecule has 1 rings (SSSR count). The Morgan fingerprint density at radius 3 is 2.24 bits per heavy atom. The lowest BCUT2D eigenvalue weighted by Crippen LogP contribution is -2.47. The molecule has 0 saturated carbocycles. The molecule has 0 saturated heterocycles. The van der Waals surface area contributed by atoms with E-state index in [1.54, 1.807) is 27.7 Å². The van der Waals surface area contributed by atoms with Crippen LogP contribution in [0.2, 0.25) is 0 Å². The molecule has 7 heteroatoms. The average molecular weight is 315 g/mol. The van der Waals surface area contributed by atoms with Gasteiger partial charge in [-0.15, -0.1) is 0 Å². The predicted octanol–water partition coefficient (Wildman–Crippen LogP) is 1.39. The number of carboxylic acids is 1. The first kappa shape index (κ1) is 17.6. The van der Waals surface area contributed by atoms with Crippen molar-refractivity contribution >= 4 is 16.0 Å². The minimum Gasteiger partial charge on any atom is -0.478 e. The number of nitrogens with zero attached hydrogens (tertiary/aromatic N) is 1. The van der Waals surface area contributed by atoms with Gasteiger partial charge in [0.15, 0.2) is 0 Å². The third kappa shape index (κ3) is 3.25. The van der Waals surface area contributed by atoms with Crippen molar-refractivity contribution in [2.45, 2.75) is 38.1 Å². The maximum atomic E-state index is 12.7. The predicted molar refractivity (Wildman–Crippen MR) is 79.0 cm³/mol. The fourth-order valence-corrected chi connectivity index (χ4v) is 3.62. The molecule has 6 nitrogen and oxygen atoms in total. The van der Waals surface area contributed by atoms with Gasteiger partial charge in [-0.3, -0.25) is 0 Å². The first-order valence-electron chi connectivity index (χ1n) is 6.39. The van der Waals surface area contributed by atoms with Crippen LogP contribution >= 0.6 is 0 Å². The Labute approximate surface area is 125 Å². The Kier molecular flexibility index (Phi) is 4.82. The highest BCUT2D eigenvalue weighted by atomic mass is 32.2. The fraction of sp³-hybridized carbons (Fsp3) is 0.500. The van der Waals surface area contributed by atoms with Crippen molar-refractivity contribution in [3.63, 3.8) is 0 Å². The lowest BCUT2D eigenvalue weighted by Gasteiger charge is -2.33. The van der Waals surface area contributed by atoms with E-state index in [9.17, 15) is 18.3 Å². The lowest BCUT2D eigenvalue weighted by atomic mass is 10.1. The maximum Gasteiger partial charge on any atom is 0.335 e. The molecular formula is C14H21NO5S. The monoisotopic (exact) mass is 315 g/mol. The normalized spacial score (nSPS) is 12.7. The summed E-state index contributed by atoms with van der Waals surface area (Å²) in [5.41, 5.74) is 0.0226. The largest absolute Gasteiger partial charge is 0.478 e. The molecule has 0 atom stereocenters. The highest BCUT2D eigenvalue weighted by Gasteiger charge is 2.35. The van der Waals surface area contributed by atoms with Gasteiger partial charge in [0.1, 0.15) is 0 Å². The zero-order valence-electron chi connectivity index (χ0n) is 12.8. The number of aliphatic hydroxyl groups is 1. The van der Waals surface area contributed by atoms with Gasteiger partial charge in [0.05, 0.1) is 22.6 Å². The molecule has 0 amide bonds. The number of aromatic carboxylic acids is 1. The van der Waals surface area contributed by atoms with Crippen LogP contribution in [0.15, 0.2) is 17.0 Å². The molecular weight excluding hydrogens is 294 g/mol. The number of rotatable bonds is 5. The Morgan fingerprint density at radius 2 is 1.81 bits per heavy atom. The smallest absolute Gasteiger partial charge is 0.335 e. The summed E-state index contributed by atoms with van der Waals surface area (Å²) in [6.45, 7) is 6.13. The van der Waals surface area contributed by atoms with Crippen molar-refractivity contribution in [2.75, 3.05) is 13.7 Å². The molecule has 0 heterocycles. The van der Waals surface area contributed by atoms with Gasteiger partial charge < -0.3 is 10.2 Å². The van der Waals surface area contributed by atoms with Crippen LogP contribution in [0, 0.1) is 13.8 Å². The van der Waals surface area contributed by atoms with Crippen LogP contribution in [0.4, 0.5) is 0 Å². The first-order chi connectivity index (χ1) is 9.45. The molecule has 1 aromatic carbocycles. The van der Waals surface area contributed by atoms with Crippen molar-refractivity contribution in [1.29, 1.82) is 0 Å². The fourth-order valence-electron chi connectivity index (χ4n) is 1.79. The third-order valence-corrected chi connectivity index (χ3v) is 5.94. The van der Waals surface area contributed by atoms with Gasteiger partial charge in [-0.1, -0.05) is 0 Å². The highest BCUT2D eigenvalue weighted by Crippen LogP contribution is 2.27. The summed E-state index contributed by atoms with van der Waals surface area (Å²) in [6, 6.07) is 2.60. The molecule has 1 aromatic rings. The summed E-state index contributed by atoms with van der Waals surface area (Å²) in [5.74, 6) is -1.18. The van der Waals surface area contributed by atoms with Crippen LogP contribution < -0.4 is 0 Å². The van der Waals surface area contributed by atoms with Crippen LogP contribution in [-0.2, 0) is 10.0 Å². The van der Waals surface area contributed by atoms with Crippen molar-refractivity contribution in [1.82, 2.24) is 4.31 Å². The molecule has 118 valence electrons. The average Bonchev–Trinajstić information content (AvgIpc) is 2.40. The van der Waals surface area contributed by atoms with Gasteiger partial charge in [0.2, 0.25) is 10.0 Å². The van der Waals surface area contributed by atoms with Gasteiger partial charge in [0, 0.05) is 7.05 Å². The molecule has 0 spiro atoms. The van der Waals surface area contributed by atoms with E-state index in [4.69, 9.17) is 5.11 Å². The molecule has 0 fully saturated rings. The topological polar surface area (TPSA) is 94.9 Å². The Hall–Kier alpha value is -1.44. The Morgan fingerprint density at radius 1 is 1.29 bits per heavy atom. The quantitative estimate of drug-likeness (QED) is 0.856. The molecule has 0 radical (unpaired) electrons. The van der Waals surface area contributed by atoms with E-state index in [1.807, 2.05) is 0 Å². The number of sulfonamides is 1. The maximum absolute atomic E-state index is 12.7. The lowest BCUT2D eigenvalue weighted by molar-refractivity contribution is 0.0696. The van der Waals surface area contributed by atoms with Crippen molar-refractivity contribution in [3.8, 4) is 0 Å². The zero-order chi connectivity index (χ0) is 16.6. The number of aryl methyl sites for hydroxylation is 1. The van der Waals surface area contributed by atoms with E-state index in [0.29, 0.717) is 11.1 Å². The molecule has 0 aliphatic carbocycles. The zero-order valence-corrected chi connectivity index (χ0v) is 13.7. The van der Waals surface area contributed by atoms with Crippen molar-refractivity contribution < 1.29 is 23.4 Å². The van der Waals surface area contributed by atoms with Crippen LogP contribution in [0.3, 0.4) is 0 Å². The van der Waals surface area contributed by atoms with Crippen LogP contribution in [0.5, 0.6) is 0 Å². The van der Waals surface area contributed by atoms with Crippen LogP contribution in [0.25, 0.3) is 0 Å². The van der Waals surface area contributed by atoms with Gasteiger partial charge in [-0.25, -0.2) is 13.2 Å². The summed E-state index contributed by atoms with van der Waals surface area (Å²) < 4.78 is 26.5. The Bertz CT molecular complexity index is 664. The molecule has 0 unspecified atom stereocenters. The van der Waals surface area contributed by atoms with Gasteiger partial charge >= 0.3 is 5.97 Å². The standard InChI is InChI=1S/C14H21NO5S/c1-9-6-11(13(17)18)7-12(10(9)2)21(19,20)15(5)14(3,4)8-16/h6-7,16H,8H2,1-5H3,(H,17,18). The number of likely N-dealkylation sites (N-methyl/N-ethyl adjacent to an activating group) is 1. The number of benzene rings is 1. The molecule has 0 aliphatic rings. The van der Waals surface area contributed by atoms with E-state index in [1.165, 1.54) is 13.1 Å². The first-order valence-corrected chi connectivity index (χ1v) is 7.83. The van der Waals surface area contributed by atoms with Gasteiger partial charge in [-0.05, 0) is 51.0 Å². The summed E-state index contributed by atoms with van der Waals surface area (Å²) in [5, 5.41) is 18.4. The summed E-state index contributed by atoms with van der Waals surface area (Å²) in [6.07, 6.45) is 0. The van der Waals surface area contributed by atoms with Crippen LogP contribution in [0.1, 0.15) is 35.3 Å². The molecule has 2 N–H and O–H groups in total. The second kappa shape index (κ2) is 5.75. The minimum absolute atomic E-state index is 0.0519. The van der Waals surface area contributed by atoms with Crippen molar-refractivity contribution in [3.05, 3.63) is 28.8 Å². The molecule has 0 aliphatic heterocycles. The second-order valence-electron chi connectivity index (χ2n) is 5.66. The van der Waals surface area contributed by atoms with E-state index in [0.717, 1.165) is 10.4 Å². The van der Waals surface area contributed by atoms with Crippen molar-refractivity contribution in [2.24, 2.45) is 0 Å². The number of carbonyl (C=O) groups is 1. The number of hydrogen-bond donors (Lipinski definition) is 2. The number of aliphatic hydroxyl groups excluding tert-OH is 1. The van der Waals surface area contributed by atoms with E-state index < -0.39 is 21.5 Å². The molecule has 21 heavy (non-hydrogen) atoms. The highest BCUT2D eigenvalue weighted by molar-refractivity contribution is 7.89. The summed E-state index contributed by atoms with van der Waals surface area (Å²) >= 11 is 0. The summed E-state index contributed by atoms with van der Waals surface area (Å²) in [4.78, 5) is 11.1. The third-order valence-electron chi connectivity index (χ3n) is 3.74. The minimum atomic E-state index is -3.91. The van der Waals surface area contributed by atoms with Gasteiger partial charge in [0.25, 0.3) is 0 Å². The molecule has 0 bridgehead atoms. The second-order valence-corrected chi connectivity index (χ2v) is 7.60. The van der Waals surface area contributed by atoms with E-state index in [2.05, 4.69) is 0 Å². The SMILES string of the molecule is Cc1cc(C(=O)O)cc(S(=O)(=O)N(C)C(C)(C)CO)c1C. The Balaban J connectivity index is 3.55. The summed E-state index contributed by atoms with van der Waals surface area (Å²) in [7, 11) is -2.54. The van der Waals surface area contributed by atoms with E-state index >= 15 is 0 Å². The van der Waals surface area contributed by atoms with E-state index in [-0.39, 0.29) is 17.1 Å². The van der Waals surface area contributed by atoms with Crippen LogP contribution in [-0.4, -0.2) is 48.1 Å². The van der Waals surface area contributed by atoms with Gasteiger partial charge in [-0.2, -0.15) is 4.31 Å². The number of hydrogen-bond acceptors (Lipinski definition) is 4. The molecule has 0 aromatic heterocycles.